The normalized spacial score (nSPS) is 16.9. The molecule has 2 amide bonds. The quantitative estimate of drug-likeness (QED) is 0.428. The Morgan fingerprint density at radius 2 is 1.91 bits per heavy atom. The molecule has 0 unspecified atom stereocenters. The minimum atomic E-state index is -0.600. The summed E-state index contributed by atoms with van der Waals surface area (Å²) in [5.41, 5.74) is 1.92. The van der Waals surface area contributed by atoms with E-state index in [4.69, 9.17) is 14.2 Å². The highest BCUT2D eigenvalue weighted by molar-refractivity contribution is 7.07. The van der Waals surface area contributed by atoms with Gasteiger partial charge in [-0.2, -0.15) is 0 Å². The van der Waals surface area contributed by atoms with Crippen molar-refractivity contribution >= 4 is 28.8 Å². The number of thiazole rings is 1. The van der Waals surface area contributed by atoms with E-state index in [9.17, 15) is 19.7 Å². The number of ether oxygens (including phenoxy) is 3. The summed E-state index contributed by atoms with van der Waals surface area (Å²) in [5, 5.41) is 13.6. The highest BCUT2D eigenvalue weighted by atomic mass is 32.1. The zero-order valence-corrected chi connectivity index (χ0v) is 19.6. The van der Waals surface area contributed by atoms with Gasteiger partial charge in [0.15, 0.2) is 11.5 Å². The highest BCUT2D eigenvalue weighted by Crippen LogP contribution is 2.36. The van der Waals surface area contributed by atoms with Gasteiger partial charge >= 0.3 is 0 Å². The van der Waals surface area contributed by atoms with Gasteiger partial charge < -0.3 is 24.0 Å². The minimum Gasteiger partial charge on any atom is -0.493 e. The molecule has 1 aromatic carbocycles. The van der Waals surface area contributed by atoms with Crippen molar-refractivity contribution in [2.75, 3.05) is 46.5 Å². The average molecular weight is 491 g/mol. The molecule has 2 fully saturated rings. The van der Waals surface area contributed by atoms with Crippen molar-refractivity contribution in [3.63, 3.8) is 0 Å². The van der Waals surface area contributed by atoms with E-state index in [1.807, 2.05) is 10.3 Å². The van der Waals surface area contributed by atoms with E-state index >= 15 is 0 Å². The van der Waals surface area contributed by atoms with Gasteiger partial charge in [0.25, 0.3) is 11.6 Å². The van der Waals surface area contributed by atoms with Crippen LogP contribution >= 0.6 is 11.3 Å². The smallest absolute Gasteiger partial charge is 0.286 e. The van der Waals surface area contributed by atoms with Gasteiger partial charge in [0.2, 0.25) is 5.91 Å². The van der Waals surface area contributed by atoms with Crippen LogP contribution in [0.1, 0.15) is 28.9 Å². The number of likely N-dealkylation sites (tertiary alicyclic amines) is 1. The monoisotopic (exact) mass is 490 g/mol. The van der Waals surface area contributed by atoms with Gasteiger partial charge in [-0.15, -0.1) is 11.3 Å². The first kappa shape index (κ1) is 23.9. The molecule has 0 spiro atoms. The number of nitro groups is 1. The fourth-order valence-electron chi connectivity index (χ4n) is 4.15. The predicted octanol–water partition coefficient (Wildman–Crippen LogP) is 2.35. The third kappa shape index (κ3) is 5.28. The summed E-state index contributed by atoms with van der Waals surface area (Å²) >= 11 is 1.41. The number of nitrogens with zero attached hydrogens (tertiary/aromatic N) is 4. The molecule has 4 rings (SSSR count). The maximum atomic E-state index is 13.2. The fourth-order valence-corrected chi connectivity index (χ4v) is 4.69. The largest absolute Gasteiger partial charge is 0.493 e. The Balaban J connectivity index is 1.46. The Bertz CT molecular complexity index is 1030. The molecule has 11 nitrogen and oxygen atoms in total. The van der Waals surface area contributed by atoms with Crippen LogP contribution in [0.4, 0.5) is 5.69 Å². The number of methoxy groups -OCH3 is 1. The lowest BCUT2D eigenvalue weighted by Gasteiger charge is -2.35. The van der Waals surface area contributed by atoms with Crippen molar-refractivity contribution in [3.05, 3.63) is 44.4 Å². The van der Waals surface area contributed by atoms with Gasteiger partial charge in [0, 0.05) is 43.5 Å². The second-order valence-electron chi connectivity index (χ2n) is 8.05. The summed E-state index contributed by atoms with van der Waals surface area (Å²) in [6.07, 6.45) is 1.03. The van der Waals surface area contributed by atoms with Crippen LogP contribution in [-0.2, 0) is 16.1 Å². The molecule has 2 saturated heterocycles. The topological polar surface area (TPSA) is 124 Å². The Labute approximate surface area is 200 Å². The number of piperidine rings is 1. The van der Waals surface area contributed by atoms with E-state index in [1.165, 1.54) is 30.6 Å². The van der Waals surface area contributed by atoms with Crippen LogP contribution in [0.25, 0.3) is 0 Å². The van der Waals surface area contributed by atoms with E-state index in [1.54, 1.807) is 10.4 Å². The number of aromatic nitrogens is 1. The molecule has 0 N–H and O–H groups in total. The second-order valence-corrected chi connectivity index (χ2v) is 8.77. The van der Waals surface area contributed by atoms with Crippen LogP contribution in [0, 0.1) is 16.0 Å². The van der Waals surface area contributed by atoms with E-state index in [0.717, 1.165) is 0 Å². The first-order chi connectivity index (χ1) is 16.5. The first-order valence-electron chi connectivity index (χ1n) is 11.0. The molecule has 2 aliphatic rings. The van der Waals surface area contributed by atoms with Gasteiger partial charge in [-0.05, 0) is 12.8 Å². The van der Waals surface area contributed by atoms with E-state index < -0.39 is 10.8 Å². The third-order valence-corrected chi connectivity index (χ3v) is 6.66. The zero-order valence-electron chi connectivity index (χ0n) is 18.8. The van der Waals surface area contributed by atoms with Crippen molar-refractivity contribution in [2.45, 2.75) is 19.4 Å². The molecule has 2 aromatic rings. The summed E-state index contributed by atoms with van der Waals surface area (Å²) in [4.78, 5) is 44.7. The highest BCUT2D eigenvalue weighted by Gasteiger charge is 2.34. The lowest BCUT2D eigenvalue weighted by molar-refractivity contribution is -0.385. The molecule has 0 bridgehead atoms. The van der Waals surface area contributed by atoms with E-state index in [0.29, 0.717) is 57.9 Å². The molecule has 0 radical (unpaired) electrons. The van der Waals surface area contributed by atoms with Crippen LogP contribution in [0.2, 0.25) is 0 Å². The summed E-state index contributed by atoms with van der Waals surface area (Å²) in [6.45, 7) is 3.06. The van der Waals surface area contributed by atoms with Crippen molar-refractivity contribution < 1.29 is 28.7 Å². The third-order valence-electron chi connectivity index (χ3n) is 6.02. The number of hydrogen-bond acceptors (Lipinski definition) is 9. The van der Waals surface area contributed by atoms with E-state index in [-0.39, 0.29) is 41.2 Å². The molecule has 182 valence electrons. The van der Waals surface area contributed by atoms with Crippen LogP contribution in [0.5, 0.6) is 11.5 Å². The summed E-state index contributed by atoms with van der Waals surface area (Å²) in [5.74, 6) is -0.152. The van der Waals surface area contributed by atoms with Gasteiger partial charge in [-0.1, -0.05) is 0 Å². The predicted molar refractivity (Wildman–Crippen MR) is 122 cm³/mol. The lowest BCUT2D eigenvalue weighted by Crippen LogP contribution is -2.47. The molecular formula is C22H26N4O7S. The molecule has 2 aliphatic heterocycles. The number of rotatable bonds is 7. The number of benzene rings is 1. The van der Waals surface area contributed by atoms with E-state index in [2.05, 4.69) is 4.98 Å². The number of amides is 2. The summed E-state index contributed by atoms with van der Waals surface area (Å²) in [7, 11) is 1.41. The molecule has 12 heteroatoms. The van der Waals surface area contributed by atoms with Crippen molar-refractivity contribution in [2.24, 2.45) is 5.92 Å². The Morgan fingerprint density at radius 3 is 2.53 bits per heavy atom. The van der Waals surface area contributed by atoms with Gasteiger partial charge in [-0.25, -0.2) is 4.98 Å². The molecule has 34 heavy (non-hydrogen) atoms. The van der Waals surface area contributed by atoms with Crippen LogP contribution in [0.3, 0.4) is 0 Å². The van der Waals surface area contributed by atoms with Crippen molar-refractivity contribution in [1.29, 1.82) is 0 Å². The number of carbonyl (C=O) groups is 2. The van der Waals surface area contributed by atoms with Gasteiger partial charge in [0.05, 0.1) is 42.5 Å². The maximum absolute atomic E-state index is 13.2. The standard InChI is InChI=1S/C22H26N4O7S/c1-31-19-10-17(18(26(29)30)11-20(19)33-12-16-13-34-14-23-16)22(28)24-4-2-15(3-5-24)21(27)25-6-8-32-9-7-25/h10-11,13-15H,2-9,12H2,1H3. The van der Waals surface area contributed by atoms with Gasteiger partial charge in [-0.3, -0.25) is 19.7 Å². The molecule has 0 aliphatic carbocycles. The number of carbonyl (C=O) groups excluding carboxylic acids is 2. The summed E-state index contributed by atoms with van der Waals surface area (Å²) < 4.78 is 16.3. The molecule has 0 atom stereocenters. The number of morpholine rings is 1. The average Bonchev–Trinajstić information content (AvgIpc) is 3.40. The number of nitro benzene ring substituents is 1. The lowest BCUT2D eigenvalue weighted by atomic mass is 9.94. The Morgan fingerprint density at radius 1 is 1.18 bits per heavy atom. The van der Waals surface area contributed by atoms with Crippen molar-refractivity contribution in [3.8, 4) is 11.5 Å². The van der Waals surface area contributed by atoms with Gasteiger partial charge in [0.1, 0.15) is 12.2 Å². The van der Waals surface area contributed by atoms with Crippen LogP contribution in [-0.4, -0.2) is 78.0 Å². The molecule has 1 aromatic heterocycles. The number of hydrogen-bond donors (Lipinski definition) is 0. The second kappa shape index (κ2) is 10.8. The van der Waals surface area contributed by atoms with Crippen LogP contribution < -0.4 is 9.47 Å². The van der Waals surface area contributed by atoms with Crippen LogP contribution in [0.15, 0.2) is 23.0 Å². The van der Waals surface area contributed by atoms with Crippen molar-refractivity contribution in [1.82, 2.24) is 14.8 Å². The maximum Gasteiger partial charge on any atom is 0.286 e. The fraction of sp³-hybridized carbons (Fsp3) is 0.500. The molecule has 3 heterocycles. The molecule has 0 saturated carbocycles. The SMILES string of the molecule is COc1cc(C(=O)N2CCC(C(=O)N3CCOCC3)CC2)c([N+](=O)[O-])cc1OCc1cscn1. The Hall–Kier alpha value is -3.25. The Kier molecular flexibility index (Phi) is 7.58. The minimum absolute atomic E-state index is 0.0687. The first-order valence-corrected chi connectivity index (χ1v) is 11.9. The zero-order chi connectivity index (χ0) is 24.1. The molecular weight excluding hydrogens is 464 g/mol. The summed E-state index contributed by atoms with van der Waals surface area (Å²) in [6, 6.07) is 2.56.